The summed E-state index contributed by atoms with van der Waals surface area (Å²) < 4.78 is 68.7. The van der Waals surface area contributed by atoms with Crippen LogP contribution < -0.4 is 0 Å². The molecule has 0 saturated carbocycles. The van der Waals surface area contributed by atoms with Crippen molar-refractivity contribution in [3.8, 4) is 0 Å². The minimum absolute atomic E-state index is 1.30. The van der Waals surface area contributed by atoms with Gasteiger partial charge in [0, 0.05) is 6.08 Å². The molecule has 1 N–H and O–H groups in total. The second kappa shape index (κ2) is 3.27. The highest BCUT2D eigenvalue weighted by Crippen LogP contribution is 2.30. The second-order valence-corrected chi connectivity index (χ2v) is 1.90. The Morgan fingerprint density at radius 3 is 1.54 bits per heavy atom. The van der Waals surface area contributed by atoms with Crippen molar-refractivity contribution in [3.63, 3.8) is 0 Å². The van der Waals surface area contributed by atoms with Crippen molar-refractivity contribution in [2.75, 3.05) is 0 Å². The van der Waals surface area contributed by atoms with Crippen LogP contribution in [0.15, 0.2) is 11.6 Å². The zero-order chi connectivity index (χ0) is 10.9. The van der Waals surface area contributed by atoms with Crippen LogP contribution in [0.1, 0.15) is 0 Å². The molecule has 0 unspecified atom stereocenters. The highest BCUT2D eigenvalue weighted by atomic mass is 19.4. The van der Waals surface area contributed by atoms with E-state index in [0.717, 1.165) is 0 Å². The van der Waals surface area contributed by atoms with Gasteiger partial charge in [0.2, 0.25) is 0 Å². The minimum Gasteiger partial charge on any atom is -0.478 e. The third kappa shape index (κ3) is 4.38. The van der Waals surface area contributed by atoms with Crippen LogP contribution in [0.25, 0.3) is 0 Å². The van der Waals surface area contributed by atoms with Crippen molar-refractivity contribution in [3.05, 3.63) is 11.6 Å². The summed E-state index contributed by atoms with van der Waals surface area (Å²) >= 11 is 0. The van der Waals surface area contributed by atoms with Crippen LogP contribution in [0.2, 0.25) is 0 Å². The van der Waals surface area contributed by atoms with Crippen LogP contribution in [0.5, 0.6) is 0 Å². The van der Waals surface area contributed by atoms with Crippen molar-refractivity contribution in [2.24, 2.45) is 0 Å². The number of hydrogen-bond donors (Lipinski definition) is 1. The van der Waals surface area contributed by atoms with Crippen molar-refractivity contribution in [2.45, 2.75) is 12.4 Å². The fraction of sp³-hybridized carbons (Fsp3) is 0.400. The first-order valence-corrected chi connectivity index (χ1v) is 2.64. The van der Waals surface area contributed by atoms with E-state index >= 15 is 0 Å². The first-order chi connectivity index (χ1) is 5.54. The van der Waals surface area contributed by atoms with Crippen molar-refractivity contribution in [1.29, 1.82) is 0 Å². The zero-order valence-electron chi connectivity index (χ0n) is 5.70. The molecule has 0 aromatic heterocycles. The van der Waals surface area contributed by atoms with Crippen LogP contribution >= 0.6 is 0 Å². The van der Waals surface area contributed by atoms with Gasteiger partial charge in [0.1, 0.15) is 5.57 Å². The van der Waals surface area contributed by atoms with E-state index in [2.05, 4.69) is 0 Å². The Balaban J connectivity index is 5.06. The maximum atomic E-state index is 11.6. The number of alkyl halides is 6. The number of rotatable bonds is 1. The Bertz CT molecular complexity index is 234. The Morgan fingerprint density at radius 1 is 1.08 bits per heavy atom. The van der Waals surface area contributed by atoms with Gasteiger partial charge in [-0.2, -0.15) is 26.3 Å². The number of allylic oxidation sites excluding steroid dienone is 1. The van der Waals surface area contributed by atoms with Gasteiger partial charge in [-0.3, -0.25) is 0 Å². The summed E-state index contributed by atoms with van der Waals surface area (Å²) in [7, 11) is 0. The lowest BCUT2D eigenvalue weighted by Gasteiger charge is -2.08. The fourth-order valence-corrected chi connectivity index (χ4v) is 0.428. The van der Waals surface area contributed by atoms with Gasteiger partial charge < -0.3 is 5.11 Å². The highest BCUT2D eigenvalue weighted by molar-refractivity contribution is 5.88. The van der Waals surface area contributed by atoms with Crippen molar-refractivity contribution >= 4 is 5.97 Å². The molecule has 0 aliphatic carbocycles. The lowest BCUT2D eigenvalue weighted by molar-refractivity contribution is -0.147. The van der Waals surface area contributed by atoms with Crippen LogP contribution in [0.4, 0.5) is 26.3 Å². The molecule has 0 aliphatic rings. The molecule has 2 nitrogen and oxygen atoms in total. The summed E-state index contributed by atoms with van der Waals surface area (Å²) in [4.78, 5) is 9.74. The molecule has 0 aliphatic heterocycles. The average Bonchev–Trinajstić information content (AvgIpc) is 1.77. The largest absolute Gasteiger partial charge is 0.478 e. The third-order valence-electron chi connectivity index (χ3n) is 0.844. The average molecular weight is 208 g/mol. The number of carboxylic acid groups (broad SMARTS) is 1. The molecule has 0 spiro atoms. The van der Waals surface area contributed by atoms with E-state index in [4.69, 9.17) is 5.11 Å². The molecule has 0 rings (SSSR count). The fourth-order valence-electron chi connectivity index (χ4n) is 0.428. The van der Waals surface area contributed by atoms with Gasteiger partial charge in [0.05, 0.1) is 0 Å². The van der Waals surface area contributed by atoms with Crippen LogP contribution in [0.3, 0.4) is 0 Å². The Labute approximate surface area is 67.5 Å². The van der Waals surface area contributed by atoms with E-state index in [-0.39, 0.29) is 0 Å². The third-order valence-corrected chi connectivity index (χ3v) is 0.844. The van der Waals surface area contributed by atoms with Crippen LogP contribution in [-0.4, -0.2) is 23.4 Å². The molecule has 0 aromatic carbocycles. The molecule has 0 bridgehead atoms. The van der Waals surface area contributed by atoms with Crippen molar-refractivity contribution < 1.29 is 36.2 Å². The van der Waals surface area contributed by atoms with E-state index in [1.54, 1.807) is 0 Å². The number of carboxylic acids is 1. The van der Waals surface area contributed by atoms with Crippen LogP contribution in [-0.2, 0) is 4.79 Å². The first-order valence-electron chi connectivity index (χ1n) is 2.64. The first kappa shape index (κ1) is 11.8. The molecular formula is C5H2F6O2. The van der Waals surface area contributed by atoms with Gasteiger partial charge in [-0.25, -0.2) is 4.79 Å². The molecule has 0 atom stereocenters. The zero-order valence-corrected chi connectivity index (χ0v) is 5.70. The second-order valence-electron chi connectivity index (χ2n) is 1.90. The summed E-state index contributed by atoms with van der Waals surface area (Å²) in [5.41, 5.74) is -2.64. The normalized spacial score (nSPS) is 14.5. The van der Waals surface area contributed by atoms with E-state index in [1.165, 1.54) is 0 Å². The smallest absolute Gasteiger partial charge is 0.423 e. The standard InChI is InChI=1S/C5H2F6O2/c6-4(7,8)1-2(3(12)13)5(9,10)11/h1H,(H,12,13). The summed E-state index contributed by atoms with van der Waals surface area (Å²) in [6.07, 6.45) is -12.1. The number of carbonyl (C=O) groups is 1. The monoisotopic (exact) mass is 208 g/mol. The maximum Gasteiger partial charge on any atom is 0.423 e. The van der Waals surface area contributed by atoms with Gasteiger partial charge in [-0.05, 0) is 0 Å². The predicted octanol–water partition coefficient (Wildman–Crippen LogP) is 2.12. The lowest BCUT2D eigenvalue weighted by atomic mass is 10.2. The SMILES string of the molecule is O=C(O)C(=CC(F)(F)F)C(F)(F)F. The maximum absolute atomic E-state index is 11.6. The molecule has 0 radical (unpaired) electrons. The molecule has 76 valence electrons. The van der Waals surface area contributed by atoms with Crippen molar-refractivity contribution in [1.82, 2.24) is 0 Å². The lowest BCUT2D eigenvalue weighted by Crippen LogP contribution is -2.22. The molecule has 0 amide bonds. The van der Waals surface area contributed by atoms with Gasteiger partial charge in [0.15, 0.2) is 0 Å². The van der Waals surface area contributed by atoms with E-state index in [0.29, 0.717) is 0 Å². The van der Waals surface area contributed by atoms with Gasteiger partial charge >= 0.3 is 18.3 Å². The Hall–Kier alpha value is -1.21. The molecule has 13 heavy (non-hydrogen) atoms. The quantitative estimate of drug-likeness (QED) is 0.529. The van der Waals surface area contributed by atoms with E-state index in [9.17, 15) is 31.1 Å². The number of aliphatic carboxylic acids is 1. The summed E-state index contributed by atoms with van der Waals surface area (Å²) in [5.74, 6) is -2.66. The molecule has 8 heteroatoms. The topological polar surface area (TPSA) is 37.3 Å². The molecule has 0 saturated heterocycles. The van der Waals surface area contributed by atoms with Gasteiger partial charge in [0.25, 0.3) is 0 Å². The number of halogens is 6. The molecule has 0 aromatic rings. The summed E-state index contributed by atoms with van der Waals surface area (Å²) in [6, 6.07) is 0. The Kier molecular flexibility index (Phi) is 2.96. The van der Waals surface area contributed by atoms with Gasteiger partial charge in [-0.1, -0.05) is 0 Å². The summed E-state index contributed by atoms with van der Waals surface area (Å²) in [6.45, 7) is 0. The molecule has 0 heterocycles. The van der Waals surface area contributed by atoms with E-state index in [1.807, 2.05) is 0 Å². The van der Waals surface area contributed by atoms with E-state index < -0.39 is 30.0 Å². The minimum atomic E-state index is -5.51. The summed E-state index contributed by atoms with van der Waals surface area (Å²) in [5, 5.41) is 7.78. The van der Waals surface area contributed by atoms with Gasteiger partial charge in [-0.15, -0.1) is 0 Å². The number of hydrogen-bond acceptors (Lipinski definition) is 1. The predicted molar refractivity (Wildman–Crippen MR) is 27.8 cm³/mol. The highest BCUT2D eigenvalue weighted by Gasteiger charge is 2.42. The molecular weight excluding hydrogens is 206 g/mol. The van der Waals surface area contributed by atoms with Crippen LogP contribution in [0, 0.1) is 0 Å². The Morgan fingerprint density at radius 2 is 1.46 bits per heavy atom. The molecule has 0 fully saturated rings.